The van der Waals surface area contributed by atoms with Gasteiger partial charge >= 0.3 is 0 Å². The van der Waals surface area contributed by atoms with Crippen LogP contribution in [0.5, 0.6) is 0 Å². The number of thiocarbonyl (C=S) groups is 1. The number of halogens is 2. The van der Waals surface area contributed by atoms with E-state index in [1.807, 2.05) is 0 Å². The number of hydrogen-bond donors (Lipinski definition) is 2. The number of nitrogens with one attached hydrogen (secondary N) is 1. The summed E-state index contributed by atoms with van der Waals surface area (Å²) in [4.78, 5) is -0.557. The van der Waals surface area contributed by atoms with Gasteiger partial charge in [-0.15, -0.1) is 0 Å². The van der Waals surface area contributed by atoms with Crippen LogP contribution < -0.4 is 10.5 Å². The molecule has 0 bridgehead atoms. The third-order valence-corrected chi connectivity index (χ3v) is 5.65. The summed E-state index contributed by atoms with van der Waals surface area (Å²) in [5, 5.41) is 0. The van der Waals surface area contributed by atoms with E-state index in [4.69, 9.17) is 18.0 Å². The van der Waals surface area contributed by atoms with E-state index in [1.165, 1.54) is 0 Å². The van der Waals surface area contributed by atoms with Gasteiger partial charge in [-0.2, -0.15) is 4.72 Å². The van der Waals surface area contributed by atoms with Crippen molar-refractivity contribution in [1.82, 2.24) is 4.72 Å². The molecule has 2 rings (SSSR count). The van der Waals surface area contributed by atoms with Crippen LogP contribution in [0.3, 0.4) is 0 Å². The van der Waals surface area contributed by atoms with Gasteiger partial charge < -0.3 is 5.73 Å². The Labute approximate surface area is 127 Å². The predicted molar refractivity (Wildman–Crippen MR) is 79.3 cm³/mol. The fraction of sp³-hybridized carbons (Fsp3) is 0.462. The van der Waals surface area contributed by atoms with Crippen molar-refractivity contribution in [2.45, 2.75) is 42.5 Å². The van der Waals surface area contributed by atoms with E-state index >= 15 is 0 Å². The van der Waals surface area contributed by atoms with Crippen LogP contribution in [0.1, 0.15) is 32.1 Å². The molecule has 0 saturated heterocycles. The Morgan fingerprint density at radius 3 is 2.38 bits per heavy atom. The maximum atomic E-state index is 13.7. The molecule has 4 nitrogen and oxygen atoms in total. The SMILES string of the molecule is NC(=S)C1(NS(=O)(=O)c2ccc(F)cc2F)CCCCC1. The molecular weight excluding hydrogens is 318 g/mol. The van der Waals surface area contributed by atoms with Crippen molar-refractivity contribution >= 4 is 27.2 Å². The highest BCUT2D eigenvalue weighted by Gasteiger charge is 2.39. The van der Waals surface area contributed by atoms with Crippen LogP contribution in [0.25, 0.3) is 0 Å². The van der Waals surface area contributed by atoms with Gasteiger partial charge in [0.15, 0.2) is 0 Å². The molecule has 0 aromatic heterocycles. The minimum Gasteiger partial charge on any atom is -0.392 e. The Hall–Kier alpha value is -1.12. The van der Waals surface area contributed by atoms with Gasteiger partial charge in [0.2, 0.25) is 10.0 Å². The summed E-state index contributed by atoms with van der Waals surface area (Å²) in [5.41, 5.74) is 4.67. The number of sulfonamides is 1. The van der Waals surface area contributed by atoms with Gasteiger partial charge in [-0.25, -0.2) is 17.2 Å². The van der Waals surface area contributed by atoms with Gasteiger partial charge in [-0.1, -0.05) is 31.5 Å². The Bertz CT molecular complexity index is 656. The molecule has 1 aromatic carbocycles. The van der Waals surface area contributed by atoms with Crippen LogP contribution in [0, 0.1) is 11.6 Å². The molecule has 1 saturated carbocycles. The first-order valence-corrected chi connectivity index (χ1v) is 8.45. The van der Waals surface area contributed by atoms with Crippen molar-refractivity contribution in [3.63, 3.8) is 0 Å². The van der Waals surface area contributed by atoms with Crippen LogP contribution in [-0.4, -0.2) is 18.9 Å². The van der Waals surface area contributed by atoms with Crippen molar-refractivity contribution in [2.75, 3.05) is 0 Å². The van der Waals surface area contributed by atoms with Crippen LogP contribution in [-0.2, 0) is 10.0 Å². The molecule has 0 atom stereocenters. The van der Waals surface area contributed by atoms with E-state index in [0.717, 1.165) is 31.4 Å². The second-order valence-electron chi connectivity index (χ2n) is 5.19. The molecule has 0 radical (unpaired) electrons. The van der Waals surface area contributed by atoms with E-state index in [0.29, 0.717) is 18.9 Å². The van der Waals surface area contributed by atoms with Gasteiger partial charge in [0.1, 0.15) is 16.5 Å². The van der Waals surface area contributed by atoms with Gasteiger partial charge in [-0.3, -0.25) is 0 Å². The third kappa shape index (κ3) is 3.38. The van der Waals surface area contributed by atoms with E-state index in [-0.39, 0.29) is 4.99 Å². The molecule has 1 aliphatic rings. The molecule has 3 N–H and O–H groups in total. The maximum absolute atomic E-state index is 13.7. The zero-order valence-electron chi connectivity index (χ0n) is 11.2. The highest BCUT2D eigenvalue weighted by Crippen LogP contribution is 2.30. The van der Waals surface area contributed by atoms with Crippen molar-refractivity contribution in [1.29, 1.82) is 0 Å². The number of hydrogen-bond acceptors (Lipinski definition) is 3. The summed E-state index contributed by atoms with van der Waals surface area (Å²) in [6, 6.07) is 2.32. The summed E-state index contributed by atoms with van der Waals surface area (Å²) < 4.78 is 53.7. The minimum absolute atomic E-state index is 0.0493. The van der Waals surface area contributed by atoms with Crippen molar-refractivity contribution in [3.8, 4) is 0 Å². The van der Waals surface area contributed by atoms with E-state index in [9.17, 15) is 17.2 Å². The lowest BCUT2D eigenvalue weighted by Gasteiger charge is -2.36. The van der Waals surface area contributed by atoms with Gasteiger partial charge in [0.05, 0.1) is 10.5 Å². The third-order valence-electron chi connectivity index (χ3n) is 3.69. The second kappa shape index (κ2) is 5.94. The summed E-state index contributed by atoms with van der Waals surface area (Å²) >= 11 is 5.00. The molecule has 8 heteroatoms. The molecule has 21 heavy (non-hydrogen) atoms. The zero-order valence-corrected chi connectivity index (χ0v) is 12.9. The molecule has 0 heterocycles. The first-order chi connectivity index (χ1) is 9.77. The first-order valence-electron chi connectivity index (χ1n) is 6.56. The first kappa shape index (κ1) is 16.3. The lowest BCUT2D eigenvalue weighted by atomic mass is 9.82. The molecule has 116 valence electrons. The molecule has 1 aromatic rings. The average Bonchev–Trinajstić information content (AvgIpc) is 2.38. The summed E-state index contributed by atoms with van der Waals surface area (Å²) in [6.45, 7) is 0. The Balaban J connectivity index is 2.37. The highest BCUT2D eigenvalue weighted by atomic mass is 32.2. The van der Waals surface area contributed by atoms with Gasteiger partial charge in [0, 0.05) is 6.07 Å². The lowest BCUT2D eigenvalue weighted by Crippen LogP contribution is -2.57. The monoisotopic (exact) mass is 334 g/mol. The standard InChI is InChI=1S/C13H16F2N2O2S2/c14-9-4-5-11(10(15)8-9)21(18,19)17-13(12(16)20)6-2-1-3-7-13/h4-5,8,17H,1-3,6-7H2,(H2,16,20). The largest absolute Gasteiger partial charge is 0.392 e. The molecule has 0 aliphatic heterocycles. The lowest BCUT2D eigenvalue weighted by molar-refractivity contribution is 0.352. The number of benzene rings is 1. The van der Waals surface area contributed by atoms with E-state index in [1.54, 1.807) is 0 Å². The molecule has 0 spiro atoms. The quantitative estimate of drug-likeness (QED) is 0.828. The maximum Gasteiger partial charge on any atom is 0.244 e. The fourth-order valence-electron chi connectivity index (χ4n) is 2.56. The fourth-order valence-corrected chi connectivity index (χ4v) is 4.38. The molecule has 0 unspecified atom stereocenters. The normalized spacial score (nSPS) is 18.4. The highest BCUT2D eigenvalue weighted by molar-refractivity contribution is 7.89. The molecule has 0 amide bonds. The van der Waals surface area contributed by atoms with Gasteiger partial charge in [0.25, 0.3) is 0 Å². The van der Waals surface area contributed by atoms with Crippen LogP contribution in [0.4, 0.5) is 8.78 Å². The average molecular weight is 334 g/mol. The number of nitrogens with two attached hydrogens (primary N) is 1. The molecule has 1 aliphatic carbocycles. The van der Waals surface area contributed by atoms with Crippen molar-refractivity contribution in [3.05, 3.63) is 29.8 Å². The van der Waals surface area contributed by atoms with Crippen LogP contribution in [0.2, 0.25) is 0 Å². The Morgan fingerprint density at radius 2 is 1.86 bits per heavy atom. The topological polar surface area (TPSA) is 72.2 Å². The predicted octanol–water partition coefficient (Wildman–Crippen LogP) is 2.23. The Morgan fingerprint density at radius 1 is 1.24 bits per heavy atom. The van der Waals surface area contributed by atoms with Gasteiger partial charge in [-0.05, 0) is 25.0 Å². The molecular formula is C13H16F2N2O2S2. The van der Waals surface area contributed by atoms with E-state index < -0.39 is 32.1 Å². The summed E-state index contributed by atoms with van der Waals surface area (Å²) in [7, 11) is -4.17. The second-order valence-corrected chi connectivity index (χ2v) is 7.28. The molecule has 1 fully saturated rings. The summed E-state index contributed by atoms with van der Waals surface area (Å²) in [5.74, 6) is -1.98. The van der Waals surface area contributed by atoms with Crippen molar-refractivity contribution < 1.29 is 17.2 Å². The van der Waals surface area contributed by atoms with E-state index in [2.05, 4.69) is 4.72 Å². The van der Waals surface area contributed by atoms with Crippen LogP contribution in [0.15, 0.2) is 23.1 Å². The van der Waals surface area contributed by atoms with Crippen molar-refractivity contribution in [2.24, 2.45) is 5.73 Å². The zero-order chi connectivity index (χ0) is 15.7. The Kier molecular flexibility index (Phi) is 4.60. The summed E-state index contributed by atoms with van der Waals surface area (Å²) in [6.07, 6.45) is 3.49. The number of rotatable bonds is 4. The smallest absolute Gasteiger partial charge is 0.244 e. The van der Waals surface area contributed by atoms with Crippen LogP contribution >= 0.6 is 12.2 Å². The minimum atomic E-state index is -4.17.